The molecule has 0 fully saturated rings. The van der Waals surface area contributed by atoms with Gasteiger partial charge in [0.15, 0.2) is 5.75 Å². The first kappa shape index (κ1) is 27.1. The highest BCUT2D eigenvalue weighted by Crippen LogP contribution is 2.37. The van der Waals surface area contributed by atoms with Crippen LogP contribution in [0, 0.1) is 39.9 Å². The smallest absolute Gasteiger partial charge is 0.207 e. The van der Waals surface area contributed by atoms with E-state index in [0.717, 1.165) is 0 Å². The molecule has 0 aliphatic rings. The number of hydrogen-bond acceptors (Lipinski definition) is 3. The van der Waals surface area contributed by atoms with Crippen LogP contribution in [0.2, 0.25) is 0 Å². The average molecular weight is 482 g/mol. The van der Waals surface area contributed by atoms with Gasteiger partial charge >= 0.3 is 0 Å². The molecule has 184 valence electrons. The van der Waals surface area contributed by atoms with Crippen molar-refractivity contribution < 1.29 is 31.8 Å². The molecule has 0 saturated carbocycles. The number of aliphatic imine (C=N–C) groups is 1. The summed E-state index contributed by atoms with van der Waals surface area (Å²) >= 11 is 0. The van der Waals surface area contributed by atoms with Crippen molar-refractivity contribution in [2.24, 2.45) is 15.8 Å². The van der Waals surface area contributed by atoms with E-state index in [2.05, 4.69) is 4.99 Å². The quantitative estimate of drug-likeness (QED) is 0.112. The summed E-state index contributed by atoms with van der Waals surface area (Å²) in [5.41, 5.74) is 0.0481. The molecule has 0 aliphatic carbocycles. The molecule has 2 aromatic carbocycles. The summed E-state index contributed by atoms with van der Waals surface area (Å²) in [7, 11) is 0. The third kappa shape index (κ3) is 7.17. The lowest BCUT2D eigenvalue weighted by Gasteiger charge is -2.18. The molecule has 0 bridgehead atoms. The Kier molecular flexibility index (Phi) is 8.29. The zero-order chi connectivity index (χ0) is 25.8. The molecule has 0 unspecified atom stereocenters. The monoisotopic (exact) mass is 481 g/mol. The van der Waals surface area contributed by atoms with Gasteiger partial charge in [-0.25, -0.2) is 13.2 Å². The van der Waals surface area contributed by atoms with E-state index in [-0.39, 0.29) is 28.0 Å². The minimum absolute atomic E-state index is 0.0525. The van der Waals surface area contributed by atoms with Crippen LogP contribution in [-0.2, 0) is 0 Å². The Morgan fingerprint density at radius 3 is 1.94 bits per heavy atom. The van der Waals surface area contributed by atoms with Crippen molar-refractivity contribution in [3.8, 4) is 11.5 Å². The van der Waals surface area contributed by atoms with E-state index >= 15 is 0 Å². The number of nitrogens with zero attached hydrogens (tertiary/aromatic N) is 1. The molecular weight excluding hydrogens is 453 g/mol. The van der Waals surface area contributed by atoms with Crippen LogP contribution in [-0.4, -0.2) is 11.3 Å². The first-order valence-electron chi connectivity index (χ1n) is 10.5. The Morgan fingerprint density at radius 2 is 1.41 bits per heavy atom. The van der Waals surface area contributed by atoms with Gasteiger partial charge in [-0.1, -0.05) is 65.8 Å². The first-order chi connectivity index (χ1) is 15.6. The van der Waals surface area contributed by atoms with Gasteiger partial charge in [0.1, 0.15) is 11.4 Å². The number of allylic oxidation sites excluding steroid dienone is 4. The van der Waals surface area contributed by atoms with Crippen molar-refractivity contribution in [3.63, 3.8) is 0 Å². The van der Waals surface area contributed by atoms with E-state index in [1.54, 1.807) is 12.1 Å². The molecule has 2 rings (SSSR count). The Bertz CT molecular complexity index is 1110. The van der Waals surface area contributed by atoms with Crippen molar-refractivity contribution >= 4 is 11.9 Å². The fraction of sp³-hybridized carbons (Fsp3) is 0.346. The minimum atomic E-state index is -2.27. The molecule has 0 saturated heterocycles. The number of aliphatic hydroxyl groups excluding tert-OH is 1. The van der Waals surface area contributed by atoms with Gasteiger partial charge in [-0.2, -0.15) is 8.78 Å². The molecule has 8 heteroatoms. The van der Waals surface area contributed by atoms with E-state index in [9.17, 15) is 27.1 Å². The molecular formula is C26H28F5NO2. The summed E-state index contributed by atoms with van der Waals surface area (Å²) in [5.74, 6) is -12.3. The molecule has 0 heterocycles. The van der Waals surface area contributed by atoms with E-state index in [0.29, 0.717) is 12.0 Å². The van der Waals surface area contributed by atoms with Crippen molar-refractivity contribution in [1.29, 1.82) is 0 Å². The summed E-state index contributed by atoms with van der Waals surface area (Å²) < 4.78 is 73.7. The summed E-state index contributed by atoms with van der Waals surface area (Å²) in [6.07, 6.45) is 5.29. The lowest BCUT2D eigenvalue weighted by Crippen LogP contribution is -2.08. The van der Waals surface area contributed by atoms with Crippen molar-refractivity contribution in [1.82, 2.24) is 0 Å². The number of rotatable bonds is 6. The zero-order valence-corrected chi connectivity index (χ0v) is 19.9. The fourth-order valence-corrected chi connectivity index (χ4v) is 2.73. The van der Waals surface area contributed by atoms with E-state index in [1.165, 1.54) is 24.4 Å². The standard InChI is InChI=1S/C26H28F5NO2/c1-25(2,3)12-11-15(17(33)13-26(4,5)6)14-32-16-9-7-8-10-18(16)34-24-22(30)20(28)19(27)21(29)23(24)31/h7-12,14,33H,13H2,1-6H3/b12-11+,17-15-,32-14+. The Morgan fingerprint density at radius 1 is 0.882 bits per heavy atom. The van der Waals surface area contributed by atoms with Crippen molar-refractivity contribution in [2.45, 2.75) is 48.0 Å². The molecule has 0 amide bonds. The summed E-state index contributed by atoms with van der Waals surface area (Å²) in [5, 5.41) is 10.7. The number of benzene rings is 2. The van der Waals surface area contributed by atoms with Gasteiger partial charge in [-0.15, -0.1) is 0 Å². The predicted octanol–water partition coefficient (Wildman–Crippen LogP) is 8.73. The summed E-state index contributed by atoms with van der Waals surface area (Å²) in [4.78, 5) is 4.25. The number of aliphatic hydroxyl groups is 1. The second-order valence-electron chi connectivity index (χ2n) is 10.1. The second kappa shape index (κ2) is 10.4. The number of para-hydroxylation sites is 2. The molecule has 0 spiro atoms. The average Bonchev–Trinajstić information content (AvgIpc) is 2.72. The highest BCUT2D eigenvalue weighted by atomic mass is 19.2. The highest BCUT2D eigenvalue weighted by Gasteiger charge is 2.28. The SMILES string of the molecule is CC(C)(C)/C=C/C(/C=N/c1ccccc1Oc1c(F)c(F)c(F)c(F)c1F)=C(/O)CC(C)(C)C. The van der Waals surface area contributed by atoms with E-state index < -0.39 is 34.8 Å². The van der Waals surface area contributed by atoms with E-state index in [1.807, 2.05) is 47.6 Å². The van der Waals surface area contributed by atoms with Gasteiger partial charge in [0, 0.05) is 18.2 Å². The molecule has 2 aromatic rings. The van der Waals surface area contributed by atoms with Crippen LogP contribution in [0.15, 0.2) is 52.7 Å². The second-order valence-corrected chi connectivity index (χ2v) is 10.1. The van der Waals surface area contributed by atoms with Crippen molar-refractivity contribution in [2.75, 3.05) is 0 Å². The third-order valence-electron chi connectivity index (χ3n) is 4.38. The summed E-state index contributed by atoms with van der Waals surface area (Å²) in [6, 6.07) is 5.72. The van der Waals surface area contributed by atoms with Gasteiger partial charge in [-0.3, -0.25) is 4.99 Å². The number of hydrogen-bond donors (Lipinski definition) is 1. The van der Waals surface area contributed by atoms with Crippen molar-refractivity contribution in [3.05, 3.63) is 76.8 Å². The van der Waals surface area contributed by atoms with Crippen LogP contribution in [0.1, 0.15) is 48.0 Å². The predicted molar refractivity (Wildman–Crippen MR) is 123 cm³/mol. The fourth-order valence-electron chi connectivity index (χ4n) is 2.73. The lowest BCUT2D eigenvalue weighted by atomic mass is 9.89. The Labute approximate surface area is 196 Å². The maximum Gasteiger partial charge on any atom is 0.207 e. The van der Waals surface area contributed by atoms with Crippen LogP contribution in [0.4, 0.5) is 27.6 Å². The Balaban J connectivity index is 2.51. The number of halogens is 5. The minimum Gasteiger partial charge on any atom is -0.512 e. The highest BCUT2D eigenvalue weighted by molar-refractivity contribution is 5.85. The zero-order valence-electron chi connectivity index (χ0n) is 19.9. The van der Waals surface area contributed by atoms with Gasteiger partial charge in [0.2, 0.25) is 34.8 Å². The largest absolute Gasteiger partial charge is 0.512 e. The molecule has 34 heavy (non-hydrogen) atoms. The molecule has 0 atom stereocenters. The van der Waals surface area contributed by atoms with E-state index in [4.69, 9.17) is 4.74 Å². The van der Waals surface area contributed by atoms with Crippen LogP contribution < -0.4 is 4.74 Å². The molecule has 0 aromatic heterocycles. The Hall–Kier alpha value is -3.16. The van der Waals surface area contributed by atoms with Crippen LogP contribution >= 0.6 is 0 Å². The molecule has 1 N–H and O–H groups in total. The van der Waals surface area contributed by atoms with Gasteiger partial charge in [0.25, 0.3) is 0 Å². The van der Waals surface area contributed by atoms with Crippen LogP contribution in [0.5, 0.6) is 11.5 Å². The molecule has 0 radical (unpaired) electrons. The van der Waals surface area contributed by atoms with Crippen LogP contribution in [0.3, 0.4) is 0 Å². The molecule has 0 aliphatic heterocycles. The van der Waals surface area contributed by atoms with Crippen LogP contribution in [0.25, 0.3) is 0 Å². The van der Waals surface area contributed by atoms with Gasteiger partial charge in [-0.05, 0) is 23.0 Å². The summed E-state index contributed by atoms with van der Waals surface area (Å²) in [6.45, 7) is 11.8. The maximum atomic E-state index is 14.1. The normalized spacial score (nSPS) is 13.6. The lowest BCUT2D eigenvalue weighted by molar-refractivity contribution is 0.303. The van der Waals surface area contributed by atoms with Gasteiger partial charge < -0.3 is 9.84 Å². The third-order valence-corrected chi connectivity index (χ3v) is 4.38. The topological polar surface area (TPSA) is 41.8 Å². The number of ether oxygens (including phenoxy) is 1. The maximum absolute atomic E-state index is 14.1. The van der Waals surface area contributed by atoms with Gasteiger partial charge in [0.05, 0.1) is 0 Å². The molecule has 3 nitrogen and oxygen atoms in total. The first-order valence-corrected chi connectivity index (χ1v) is 10.5.